The van der Waals surface area contributed by atoms with E-state index < -0.39 is 6.10 Å². The maximum absolute atomic E-state index is 12.9. The predicted octanol–water partition coefficient (Wildman–Crippen LogP) is 23.1. The van der Waals surface area contributed by atoms with E-state index in [2.05, 4.69) is 167 Å². The summed E-state index contributed by atoms with van der Waals surface area (Å²) in [5, 5.41) is 0. The molecule has 0 saturated heterocycles. The molecule has 0 bridgehead atoms. The summed E-state index contributed by atoms with van der Waals surface area (Å²) in [5.74, 6) is -0.958. The molecule has 0 aliphatic heterocycles. The van der Waals surface area contributed by atoms with Gasteiger partial charge in [0.2, 0.25) is 0 Å². The molecule has 0 rings (SSSR count). The largest absolute Gasteiger partial charge is 0.462 e. The first-order valence-corrected chi connectivity index (χ1v) is 33.3. The van der Waals surface area contributed by atoms with Crippen molar-refractivity contribution < 1.29 is 28.6 Å². The monoisotopic (exact) mass is 1120 g/mol. The van der Waals surface area contributed by atoms with Crippen molar-refractivity contribution in [2.45, 2.75) is 297 Å². The summed E-state index contributed by atoms with van der Waals surface area (Å²) in [4.78, 5) is 38.4. The molecule has 0 radical (unpaired) electrons. The van der Waals surface area contributed by atoms with Crippen LogP contribution in [0.4, 0.5) is 0 Å². The molecule has 0 aliphatic carbocycles. The standard InChI is InChI=1S/C75H122O6/c1-4-7-10-13-16-19-22-25-28-31-33-35-36-37-38-40-41-44-47-50-53-56-59-62-65-68-74(77)80-71-72(70-79-73(76)67-64-61-58-55-52-49-46-43-30-27-24-21-18-15-12-9-6-3)81-75(78)69-66-63-60-57-54-51-48-45-42-39-34-32-29-26-23-20-17-14-11-8-5-2/h7-8,10-11,16-17,19-20,25-26,28-29,33-35,37-39,41,44-45,48,54,57,72H,4-6,9,12-15,18,21-24,27,30-32,36,40,42-43,46-47,49-53,55-56,58-71H2,1-3H3/b10-7-,11-8-,19-16-,20-17-,28-25-,29-26-,35-33-,38-37-,39-34-,44-41-,48-45-,57-54-. The van der Waals surface area contributed by atoms with Crippen LogP contribution in [0.3, 0.4) is 0 Å². The van der Waals surface area contributed by atoms with Crippen molar-refractivity contribution in [3.63, 3.8) is 0 Å². The van der Waals surface area contributed by atoms with Gasteiger partial charge in [0.15, 0.2) is 6.10 Å². The number of allylic oxidation sites excluding steroid dienone is 24. The Morgan fingerprint density at radius 2 is 0.481 bits per heavy atom. The van der Waals surface area contributed by atoms with Crippen molar-refractivity contribution in [3.05, 3.63) is 146 Å². The van der Waals surface area contributed by atoms with Gasteiger partial charge in [0, 0.05) is 19.3 Å². The molecule has 0 aliphatic rings. The molecule has 0 aromatic heterocycles. The summed E-state index contributed by atoms with van der Waals surface area (Å²) in [6, 6.07) is 0. The third-order valence-corrected chi connectivity index (χ3v) is 13.8. The van der Waals surface area contributed by atoms with Crippen LogP contribution in [-0.2, 0) is 28.6 Å². The van der Waals surface area contributed by atoms with Crippen molar-refractivity contribution in [2.24, 2.45) is 0 Å². The highest BCUT2D eigenvalue weighted by atomic mass is 16.6. The van der Waals surface area contributed by atoms with Gasteiger partial charge in [-0.05, 0) is 122 Å². The number of hydrogen-bond acceptors (Lipinski definition) is 6. The number of carbonyl (C=O) groups excluding carboxylic acids is 3. The van der Waals surface area contributed by atoms with Gasteiger partial charge < -0.3 is 14.2 Å². The number of hydrogen-bond donors (Lipinski definition) is 0. The van der Waals surface area contributed by atoms with Crippen LogP contribution >= 0.6 is 0 Å². The Kier molecular flexibility index (Phi) is 63.9. The van der Waals surface area contributed by atoms with Crippen LogP contribution < -0.4 is 0 Å². The van der Waals surface area contributed by atoms with E-state index in [0.29, 0.717) is 19.3 Å². The van der Waals surface area contributed by atoms with Gasteiger partial charge >= 0.3 is 17.9 Å². The van der Waals surface area contributed by atoms with Crippen LogP contribution in [0.25, 0.3) is 0 Å². The fourth-order valence-corrected chi connectivity index (χ4v) is 8.92. The SMILES string of the molecule is CC/C=C\C/C=C\C/C=C\C/C=C\C/C=C\C/C=C\CCCCCCCCC(=O)OCC(COC(=O)CCCCCCCCCCCCCCCCCCC)OC(=O)CCCC/C=C\C/C=C\C/C=C\C/C=C\C/C=C\C/C=C\CC. The summed E-state index contributed by atoms with van der Waals surface area (Å²) < 4.78 is 16.9. The average molecular weight is 1120 g/mol. The van der Waals surface area contributed by atoms with E-state index in [1.165, 1.54) is 103 Å². The second kappa shape index (κ2) is 67.8. The van der Waals surface area contributed by atoms with Gasteiger partial charge in [-0.2, -0.15) is 0 Å². The van der Waals surface area contributed by atoms with E-state index in [0.717, 1.165) is 141 Å². The zero-order valence-electron chi connectivity index (χ0n) is 52.5. The van der Waals surface area contributed by atoms with Crippen LogP contribution in [0, 0.1) is 0 Å². The Balaban J connectivity index is 4.50. The van der Waals surface area contributed by atoms with Gasteiger partial charge in [-0.25, -0.2) is 0 Å². The Bertz CT molecular complexity index is 1760. The van der Waals surface area contributed by atoms with E-state index >= 15 is 0 Å². The molecule has 6 heteroatoms. The second-order valence-corrected chi connectivity index (χ2v) is 21.6. The normalized spacial score (nSPS) is 13.1. The minimum Gasteiger partial charge on any atom is -0.462 e. The summed E-state index contributed by atoms with van der Waals surface area (Å²) in [6.07, 6.45) is 97.1. The van der Waals surface area contributed by atoms with Gasteiger partial charge in [-0.1, -0.05) is 295 Å². The first-order chi connectivity index (χ1) is 40.0. The smallest absolute Gasteiger partial charge is 0.306 e. The highest BCUT2D eigenvalue weighted by Crippen LogP contribution is 2.16. The number of ether oxygens (including phenoxy) is 3. The first-order valence-electron chi connectivity index (χ1n) is 33.3. The number of carbonyl (C=O) groups is 3. The average Bonchev–Trinajstić information content (AvgIpc) is 3.47. The number of rotatable bonds is 59. The van der Waals surface area contributed by atoms with E-state index in [4.69, 9.17) is 14.2 Å². The quantitative estimate of drug-likeness (QED) is 0.0261. The lowest BCUT2D eigenvalue weighted by molar-refractivity contribution is -0.167. The molecule has 0 aromatic rings. The van der Waals surface area contributed by atoms with Crippen LogP contribution in [0.5, 0.6) is 0 Å². The summed E-state index contributed by atoms with van der Waals surface area (Å²) >= 11 is 0. The maximum Gasteiger partial charge on any atom is 0.306 e. The lowest BCUT2D eigenvalue weighted by Gasteiger charge is -2.18. The minimum absolute atomic E-state index is 0.103. The zero-order chi connectivity index (χ0) is 58.5. The van der Waals surface area contributed by atoms with Crippen LogP contribution in [-0.4, -0.2) is 37.2 Å². The molecule has 1 atom stereocenters. The molecular formula is C75H122O6. The molecule has 0 amide bonds. The fraction of sp³-hybridized carbons (Fsp3) is 0.640. The molecule has 0 aromatic carbocycles. The highest BCUT2D eigenvalue weighted by Gasteiger charge is 2.19. The highest BCUT2D eigenvalue weighted by molar-refractivity contribution is 5.71. The Morgan fingerprint density at radius 3 is 0.778 bits per heavy atom. The predicted molar refractivity (Wildman–Crippen MR) is 352 cm³/mol. The number of esters is 3. The Hall–Kier alpha value is -4.71. The molecule has 81 heavy (non-hydrogen) atoms. The van der Waals surface area contributed by atoms with Gasteiger partial charge in [0.25, 0.3) is 0 Å². The van der Waals surface area contributed by atoms with E-state index in [1.807, 2.05) is 0 Å². The maximum atomic E-state index is 12.9. The first kappa shape index (κ1) is 76.3. The van der Waals surface area contributed by atoms with Crippen LogP contribution in [0.2, 0.25) is 0 Å². The third-order valence-electron chi connectivity index (χ3n) is 13.8. The second-order valence-electron chi connectivity index (χ2n) is 21.6. The Labute approximate surface area is 499 Å². The number of unbranched alkanes of at least 4 members (excludes halogenated alkanes) is 24. The van der Waals surface area contributed by atoms with Crippen LogP contribution in [0.15, 0.2) is 146 Å². The molecule has 6 nitrogen and oxygen atoms in total. The van der Waals surface area contributed by atoms with Gasteiger partial charge in [0.05, 0.1) is 0 Å². The zero-order valence-corrected chi connectivity index (χ0v) is 52.5. The summed E-state index contributed by atoms with van der Waals surface area (Å²) in [5.41, 5.74) is 0. The van der Waals surface area contributed by atoms with Crippen molar-refractivity contribution in [1.29, 1.82) is 0 Å². The molecule has 0 saturated carbocycles. The molecular weight excluding hydrogens is 997 g/mol. The molecule has 0 N–H and O–H groups in total. The van der Waals surface area contributed by atoms with Gasteiger partial charge in [-0.15, -0.1) is 0 Å². The van der Waals surface area contributed by atoms with Crippen molar-refractivity contribution >= 4 is 17.9 Å². The lowest BCUT2D eigenvalue weighted by Crippen LogP contribution is -2.30. The lowest BCUT2D eigenvalue weighted by atomic mass is 10.0. The molecule has 0 spiro atoms. The van der Waals surface area contributed by atoms with Crippen molar-refractivity contribution in [3.8, 4) is 0 Å². The van der Waals surface area contributed by atoms with E-state index in [9.17, 15) is 14.4 Å². The summed E-state index contributed by atoms with van der Waals surface area (Å²) in [6.45, 7) is 6.38. The van der Waals surface area contributed by atoms with Crippen molar-refractivity contribution in [2.75, 3.05) is 13.2 Å². The minimum atomic E-state index is -0.814. The van der Waals surface area contributed by atoms with Gasteiger partial charge in [0.1, 0.15) is 13.2 Å². The molecule has 1 unspecified atom stereocenters. The third kappa shape index (κ3) is 66.0. The fourth-order valence-electron chi connectivity index (χ4n) is 8.92. The van der Waals surface area contributed by atoms with Crippen LogP contribution in [0.1, 0.15) is 290 Å². The van der Waals surface area contributed by atoms with E-state index in [1.54, 1.807) is 0 Å². The topological polar surface area (TPSA) is 78.9 Å². The summed E-state index contributed by atoms with van der Waals surface area (Å²) in [7, 11) is 0. The molecule has 0 heterocycles. The molecule has 458 valence electrons. The molecule has 0 fully saturated rings. The van der Waals surface area contributed by atoms with E-state index in [-0.39, 0.29) is 37.5 Å². The Morgan fingerprint density at radius 1 is 0.259 bits per heavy atom. The van der Waals surface area contributed by atoms with Crippen molar-refractivity contribution in [1.82, 2.24) is 0 Å². The van der Waals surface area contributed by atoms with Gasteiger partial charge in [-0.3, -0.25) is 14.4 Å².